The summed E-state index contributed by atoms with van der Waals surface area (Å²) in [4.78, 5) is 13.0. The van der Waals surface area contributed by atoms with E-state index >= 15 is 0 Å². The van der Waals surface area contributed by atoms with Gasteiger partial charge in [0, 0.05) is 29.6 Å². The zero-order valence-electron chi connectivity index (χ0n) is 12.8. The number of nitrogens with two attached hydrogens (primary N) is 1. The minimum absolute atomic E-state index is 0. The molecule has 5 nitrogen and oxygen atoms in total. The van der Waals surface area contributed by atoms with Gasteiger partial charge in [-0.05, 0) is 17.2 Å². The van der Waals surface area contributed by atoms with E-state index in [1.165, 1.54) is 6.33 Å². The molecular weight excluding hydrogens is 367 g/mol. The molecular formula is C16H18Cl2N4OS. The van der Waals surface area contributed by atoms with Crippen molar-refractivity contribution in [3.05, 3.63) is 48.5 Å². The fourth-order valence-corrected chi connectivity index (χ4v) is 4.11. The molecule has 24 heavy (non-hydrogen) atoms. The van der Waals surface area contributed by atoms with Crippen LogP contribution in [0.3, 0.4) is 0 Å². The van der Waals surface area contributed by atoms with Crippen molar-refractivity contribution < 1.29 is 4.74 Å². The highest BCUT2D eigenvalue weighted by atomic mass is 35.5. The molecule has 2 N–H and O–H groups in total. The first-order chi connectivity index (χ1) is 10.8. The van der Waals surface area contributed by atoms with E-state index in [0.29, 0.717) is 17.7 Å². The summed E-state index contributed by atoms with van der Waals surface area (Å²) in [5.41, 5.74) is 8.89. The lowest BCUT2D eigenvalue weighted by atomic mass is 9.81. The Morgan fingerprint density at radius 2 is 1.96 bits per heavy atom. The standard InChI is InChI=1S/C16H16N4OS.2ClH/c17-15-20-16(9-21-7-14(16)8-22-15)13-3-1-2-11(4-13)12-5-18-10-19-6-12;;/h1-6,10,14H,7-9H2,(H2,17,20);2*1H/t14-,16+;;/m0../s1. The first-order valence-electron chi connectivity index (χ1n) is 7.20. The fourth-order valence-electron chi connectivity index (χ4n) is 3.14. The van der Waals surface area contributed by atoms with Crippen molar-refractivity contribution in [2.75, 3.05) is 19.0 Å². The molecule has 0 amide bonds. The number of thioether (sulfide) groups is 1. The number of halogens is 2. The first-order valence-corrected chi connectivity index (χ1v) is 8.18. The van der Waals surface area contributed by atoms with Crippen molar-refractivity contribution in [3.63, 3.8) is 0 Å². The summed E-state index contributed by atoms with van der Waals surface area (Å²) in [5.74, 6) is 1.32. The monoisotopic (exact) mass is 384 g/mol. The van der Waals surface area contributed by atoms with Crippen LogP contribution in [-0.2, 0) is 10.3 Å². The van der Waals surface area contributed by atoms with Crippen LogP contribution < -0.4 is 5.73 Å². The fraction of sp³-hybridized carbons (Fsp3) is 0.312. The average molecular weight is 385 g/mol. The Morgan fingerprint density at radius 1 is 1.17 bits per heavy atom. The molecule has 2 aliphatic rings. The Hall–Kier alpha value is -1.34. The van der Waals surface area contributed by atoms with Crippen LogP contribution in [0.1, 0.15) is 5.56 Å². The van der Waals surface area contributed by atoms with Gasteiger partial charge in [-0.1, -0.05) is 30.0 Å². The van der Waals surface area contributed by atoms with E-state index < -0.39 is 0 Å². The lowest BCUT2D eigenvalue weighted by Crippen LogP contribution is -2.39. The summed E-state index contributed by atoms with van der Waals surface area (Å²) >= 11 is 1.62. The molecule has 0 aliphatic carbocycles. The highest BCUT2D eigenvalue weighted by Crippen LogP contribution is 2.44. The summed E-state index contributed by atoms with van der Waals surface area (Å²) in [6.07, 6.45) is 5.18. The van der Waals surface area contributed by atoms with Gasteiger partial charge in [0.2, 0.25) is 0 Å². The molecule has 1 aromatic carbocycles. The molecule has 2 atom stereocenters. The van der Waals surface area contributed by atoms with Crippen LogP contribution in [0.2, 0.25) is 0 Å². The molecule has 2 aliphatic heterocycles. The van der Waals surface area contributed by atoms with Gasteiger partial charge in [-0.25, -0.2) is 15.0 Å². The topological polar surface area (TPSA) is 73.4 Å². The van der Waals surface area contributed by atoms with E-state index in [-0.39, 0.29) is 30.4 Å². The van der Waals surface area contributed by atoms with Gasteiger partial charge in [0.25, 0.3) is 0 Å². The SMILES string of the molecule is Cl.Cl.NC1=N[C@@]2(c3cccc(-c4cncnc4)c3)COC[C@H]2CS1. The summed E-state index contributed by atoms with van der Waals surface area (Å²) in [7, 11) is 0. The normalized spacial score (nSPS) is 25.0. The van der Waals surface area contributed by atoms with Crippen LogP contribution in [-0.4, -0.2) is 34.1 Å². The van der Waals surface area contributed by atoms with E-state index in [4.69, 9.17) is 15.5 Å². The van der Waals surface area contributed by atoms with Crippen LogP contribution in [0, 0.1) is 5.92 Å². The molecule has 0 radical (unpaired) electrons. The highest BCUT2D eigenvalue weighted by Gasteiger charge is 2.47. The lowest BCUT2D eigenvalue weighted by Gasteiger charge is -2.34. The third kappa shape index (κ3) is 3.24. The van der Waals surface area contributed by atoms with E-state index in [0.717, 1.165) is 29.1 Å². The summed E-state index contributed by atoms with van der Waals surface area (Å²) in [6, 6.07) is 8.39. The number of fused-ring (bicyclic) bond motifs is 1. The Kier molecular flexibility index (Phi) is 6.09. The number of hydrogen-bond donors (Lipinski definition) is 1. The van der Waals surface area contributed by atoms with Crippen molar-refractivity contribution in [2.24, 2.45) is 16.6 Å². The van der Waals surface area contributed by atoms with Gasteiger partial charge >= 0.3 is 0 Å². The molecule has 0 bridgehead atoms. The molecule has 0 unspecified atom stereocenters. The van der Waals surface area contributed by atoms with Crippen molar-refractivity contribution in [2.45, 2.75) is 5.54 Å². The second-order valence-electron chi connectivity index (χ2n) is 5.61. The predicted octanol–water partition coefficient (Wildman–Crippen LogP) is 2.89. The van der Waals surface area contributed by atoms with Crippen molar-refractivity contribution in [3.8, 4) is 11.1 Å². The molecule has 3 heterocycles. The zero-order valence-corrected chi connectivity index (χ0v) is 15.2. The van der Waals surface area contributed by atoms with E-state index in [2.05, 4.69) is 34.2 Å². The summed E-state index contributed by atoms with van der Waals surface area (Å²) in [6.45, 7) is 1.33. The van der Waals surface area contributed by atoms with E-state index in [1.54, 1.807) is 11.8 Å². The number of amidine groups is 1. The van der Waals surface area contributed by atoms with Gasteiger partial charge < -0.3 is 10.5 Å². The molecule has 128 valence electrons. The molecule has 0 saturated carbocycles. The molecule has 1 saturated heterocycles. The Bertz CT molecular complexity index is 731. The number of rotatable bonds is 2. The van der Waals surface area contributed by atoms with Gasteiger partial charge in [-0.15, -0.1) is 24.8 Å². The first kappa shape index (κ1) is 19.0. The maximum absolute atomic E-state index is 6.00. The predicted molar refractivity (Wildman–Crippen MR) is 102 cm³/mol. The molecule has 1 fully saturated rings. The lowest BCUT2D eigenvalue weighted by molar-refractivity contribution is 0.177. The second-order valence-corrected chi connectivity index (χ2v) is 6.65. The average Bonchev–Trinajstić information content (AvgIpc) is 3.00. The third-order valence-corrected chi connectivity index (χ3v) is 5.27. The molecule has 2 aromatic rings. The maximum atomic E-state index is 6.00. The minimum Gasteiger partial charge on any atom is -0.379 e. The number of nitrogens with zero attached hydrogens (tertiary/aromatic N) is 3. The van der Waals surface area contributed by atoms with Gasteiger partial charge in [0.15, 0.2) is 5.17 Å². The van der Waals surface area contributed by atoms with Crippen LogP contribution in [0.15, 0.2) is 48.0 Å². The van der Waals surface area contributed by atoms with E-state index in [1.807, 2.05) is 12.4 Å². The Balaban J connectivity index is 0.00000104. The van der Waals surface area contributed by atoms with Crippen LogP contribution in [0.5, 0.6) is 0 Å². The van der Waals surface area contributed by atoms with Gasteiger partial charge in [0.05, 0.1) is 13.2 Å². The quantitative estimate of drug-likeness (QED) is 0.861. The second kappa shape index (κ2) is 7.70. The number of benzene rings is 1. The van der Waals surface area contributed by atoms with Crippen LogP contribution in [0.25, 0.3) is 11.1 Å². The van der Waals surface area contributed by atoms with Crippen molar-refractivity contribution >= 4 is 41.7 Å². The maximum Gasteiger partial charge on any atom is 0.154 e. The third-order valence-electron chi connectivity index (χ3n) is 4.31. The zero-order chi connectivity index (χ0) is 15.0. The minimum atomic E-state index is -0.346. The number of ether oxygens (including phenoxy) is 1. The van der Waals surface area contributed by atoms with Gasteiger partial charge in [-0.3, -0.25) is 0 Å². The van der Waals surface area contributed by atoms with Crippen LogP contribution in [0.4, 0.5) is 0 Å². The molecule has 0 spiro atoms. The Morgan fingerprint density at radius 3 is 2.75 bits per heavy atom. The highest BCUT2D eigenvalue weighted by molar-refractivity contribution is 8.13. The number of aliphatic imine (C=N–C) groups is 1. The molecule has 1 aromatic heterocycles. The van der Waals surface area contributed by atoms with Gasteiger partial charge in [0.1, 0.15) is 11.9 Å². The number of hydrogen-bond acceptors (Lipinski definition) is 6. The summed E-state index contributed by atoms with van der Waals surface area (Å²) < 4.78 is 5.74. The van der Waals surface area contributed by atoms with Crippen LogP contribution >= 0.6 is 36.6 Å². The Labute approximate surface area is 157 Å². The van der Waals surface area contributed by atoms with Crippen molar-refractivity contribution in [1.29, 1.82) is 0 Å². The van der Waals surface area contributed by atoms with E-state index in [9.17, 15) is 0 Å². The number of aromatic nitrogens is 2. The largest absolute Gasteiger partial charge is 0.379 e. The summed E-state index contributed by atoms with van der Waals surface area (Å²) in [5, 5.41) is 0.648. The molecule has 4 rings (SSSR count). The van der Waals surface area contributed by atoms with Crippen molar-refractivity contribution in [1.82, 2.24) is 9.97 Å². The molecule has 8 heteroatoms. The van der Waals surface area contributed by atoms with Gasteiger partial charge in [-0.2, -0.15) is 0 Å². The smallest absolute Gasteiger partial charge is 0.154 e.